The smallest absolute Gasteiger partial charge is 0.240 e. The van der Waals surface area contributed by atoms with E-state index in [1.54, 1.807) is 4.52 Å². The Morgan fingerprint density at radius 2 is 2.21 bits per heavy atom. The van der Waals surface area contributed by atoms with Crippen LogP contribution in [0.3, 0.4) is 0 Å². The molecule has 0 bridgehead atoms. The molecule has 3 aromatic rings. The van der Waals surface area contributed by atoms with Crippen LogP contribution < -0.4 is 16.4 Å². The van der Waals surface area contributed by atoms with Gasteiger partial charge in [0.25, 0.3) is 0 Å². The van der Waals surface area contributed by atoms with E-state index in [1.165, 1.54) is 18.5 Å². The lowest BCUT2D eigenvalue weighted by molar-refractivity contribution is 0.784. The minimum Gasteiger partial charge on any atom is -0.366 e. The van der Waals surface area contributed by atoms with Crippen molar-refractivity contribution in [2.45, 2.75) is 31.2 Å². The number of rotatable bonds is 4. The molecule has 1 aliphatic heterocycles. The number of fused-ring (bicyclic) bond motifs is 1. The van der Waals surface area contributed by atoms with Gasteiger partial charge in [-0.15, -0.1) is 5.10 Å². The van der Waals surface area contributed by atoms with E-state index >= 15 is 0 Å². The predicted octanol–water partition coefficient (Wildman–Crippen LogP) is 1.35. The number of nitrogens with two attached hydrogens (primary N) is 1. The van der Waals surface area contributed by atoms with Crippen LogP contribution in [0.25, 0.3) is 16.8 Å². The number of H-pyrrole nitrogens is 1. The first-order valence-electron chi connectivity index (χ1n) is 8.46. The molecule has 0 aromatic carbocycles. The summed E-state index contributed by atoms with van der Waals surface area (Å²) < 4.78 is 1.79. The fourth-order valence-corrected chi connectivity index (χ4v) is 3.40. The molecule has 0 radical (unpaired) electrons. The number of nitrogens with zero attached hydrogens (tertiary/aromatic N) is 4. The zero-order chi connectivity index (χ0) is 16.1. The molecule has 1 saturated carbocycles. The molecule has 5 N–H and O–H groups in total. The molecule has 8 nitrogen and oxygen atoms in total. The summed E-state index contributed by atoms with van der Waals surface area (Å²) >= 11 is 0. The number of nitrogens with one attached hydrogen (secondary N) is 3. The molecule has 1 atom stereocenters. The second kappa shape index (κ2) is 5.20. The van der Waals surface area contributed by atoms with Gasteiger partial charge < -0.3 is 16.4 Å². The summed E-state index contributed by atoms with van der Waals surface area (Å²) in [5.74, 6) is 1.68. The third kappa shape index (κ3) is 2.30. The van der Waals surface area contributed by atoms with Gasteiger partial charge in [0.2, 0.25) is 5.95 Å². The van der Waals surface area contributed by atoms with Gasteiger partial charge in [0.05, 0.1) is 5.69 Å². The Kier molecular flexibility index (Phi) is 2.99. The fraction of sp³-hybridized carbons (Fsp3) is 0.438. The van der Waals surface area contributed by atoms with Gasteiger partial charge in [-0.2, -0.15) is 10.1 Å². The highest BCUT2D eigenvalue weighted by molar-refractivity contribution is 5.87. The average molecular weight is 324 g/mol. The second-order valence-electron chi connectivity index (χ2n) is 6.66. The van der Waals surface area contributed by atoms with Crippen molar-refractivity contribution in [2.75, 3.05) is 24.1 Å². The molecule has 0 amide bonds. The van der Waals surface area contributed by atoms with E-state index in [0.717, 1.165) is 42.1 Å². The lowest BCUT2D eigenvalue weighted by Crippen LogP contribution is -2.23. The quantitative estimate of drug-likeness (QED) is 0.577. The Balaban J connectivity index is 1.59. The molecule has 1 saturated heterocycles. The van der Waals surface area contributed by atoms with Gasteiger partial charge in [-0.05, 0) is 37.9 Å². The highest BCUT2D eigenvalue weighted by Gasteiger charge is 2.26. The third-order valence-corrected chi connectivity index (χ3v) is 4.82. The molecule has 2 aliphatic rings. The lowest BCUT2D eigenvalue weighted by Gasteiger charge is -2.14. The van der Waals surface area contributed by atoms with Crippen LogP contribution >= 0.6 is 0 Å². The largest absolute Gasteiger partial charge is 0.366 e. The monoisotopic (exact) mass is 324 g/mol. The van der Waals surface area contributed by atoms with Crippen LogP contribution in [0.5, 0.6) is 0 Å². The first-order valence-corrected chi connectivity index (χ1v) is 8.46. The van der Waals surface area contributed by atoms with Crippen molar-refractivity contribution in [3.63, 3.8) is 0 Å². The zero-order valence-corrected chi connectivity index (χ0v) is 13.3. The Labute approximate surface area is 138 Å². The Morgan fingerprint density at radius 3 is 3.00 bits per heavy atom. The molecule has 24 heavy (non-hydrogen) atoms. The van der Waals surface area contributed by atoms with E-state index in [4.69, 9.17) is 5.73 Å². The first-order chi connectivity index (χ1) is 11.8. The Bertz CT molecular complexity index is 885. The number of anilines is 2. The molecule has 0 unspecified atom stereocenters. The molecule has 3 aromatic heterocycles. The van der Waals surface area contributed by atoms with Crippen LogP contribution in [0.15, 0.2) is 18.3 Å². The standard InChI is InChI=1S/C16H20N8/c17-16-20-15(19-10-3-5-18-8-10)14-11(4-6-24(14)23-16)13-7-12(21-22-13)9-1-2-9/h4,6-7,9-10,18H,1-3,5,8H2,(H,21,22)(H3,17,19,20,23)/t10-/m0/s1. The topological polar surface area (TPSA) is 109 Å². The number of nitrogen functional groups attached to an aromatic ring is 1. The minimum atomic E-state index is 0.263. The first kappa shape index (κ1) is 13.8. The van der Waals surface area contributed by atoms with Gasteiger partial charge in [0.1, 0.15) is 5.52 Å². The van der Waals surface area contributed by atoms with Crippen LogP contribution in [0.1, 0.15) is 30.9 Å². The summed E-state index contributed by atoms with van der Waals surface area (Å²) in [7, 11) is 0. The molecule has 1 aliphatic carbocycles. The molecule has 5 rings (SSSR count). The lowest BCUT2D eigenvalue weighted by atomic mass is 10.1. The summed E-state index contributed by atoms with van der Waals surface area (Å²) in [6.07, 6.45) is 5.48. The van der Waals surface area contributed by atoms with E-state index in [-0.39, 0.29) is 5.95 Å². The van der Waals surface area contributed by atoms with E-state index in [2.05, 4.69) is 37.0 Å². The van der Waals surface area contributed by atoms with Gasteiger partial charge >= 0.3 is 0 Å². The molecule has 8 heteroatoms. The number of aromatic amines is 1. The van der Waals surface area contributed by atoms with E-state index in [9.17, 15) is 0 Å². The number of hydrogen-bond acceptors (Lipinski definition) is 6. The van der Waals surface area contributed by atoms with E-state index in [1.807, 2.05) is 12.3 Å². The molecular formula is C16H20N8. The van der Waals surface area contributed by atoms with Gasteiger partial charge in [-0.1, -0.05) is 0 Å². The Morgan fingerprint density at radius 1 is 1.29 bits per heavy atom. The van der Waals surface area contributed by atoms with Gasteiger partial charge in [-0.25, -0.2) is 4.52 Å². The summed E-state index contributed by atoms with van der Waals surface area (Å²) in [4.78, 5) is 4.45. The maximum Gasteiger partial charge on any atom is 0.240 e. The third-order valence-electron chi connectivity index (χ3n) is 4.82. The van der Waals surface area contributed by atoms with Gasteiger partial charge in [0, 0.05) is 36.0 Å². The SMILES string of the molecule is Nc1nc(N[C@H]2CCNC2)c2c(-c3cc(C4CC4)[nH]n3)ccn2n1. The Hall–Kier alpha value is -2.61. The van der Waals surface area contributed by atoms with Crippen molar-refractivity contribution in [2.24, 2.45) is 0 Å². The van der Waals surface area contributed by atoms with Crippen LogP contribution in [0, 0.1) is 0 Å². The molecule has 4 heterocycles. The average Bonchev–Trinajstić information content (AvgIpc) is 2.99. The van der Waals surface area contributed by atoms with Crippen LogP contribution in [0.4, 0.5) is 11.8 Å². The number of aromatic nitrogens is 5. The highest BCUT2D eigenvalue weighted by atomic mass is 15.3. The van der Waals surface area contributed by atoms with Gasteiger partial charge in [-0.3, -0.25) is 5.10 Å². The van der Waals surface area contributed by atoms with Crippen molar-refractivity contribution in [3.05, 3.63) is 24.0 Å². The maximum atomic E-state index is 5.88. The minimum absolute atomic E-state index is 0.263. The van der Waals surface area contributed by atoms with E-state index < -0.39 is 0 Å². The molecule has 2 fully saturated rings. The number of hydrogen-bond donors (Lipinski definition) is 4. The fourth-order valence-electron chi connectivity index (χ4n) is 3.40. The van der Waals surface area contributed by atoms with E-state index in [0.29, 0.717) is 12.0 Å². The highest BCUT2D eigenvalue weighted by Crippen LogP contribution is 2.40. The van der Waals surface area contributed by atoms with Crippen molar-refractivity contribution in [3.8, 4) is 11.3 Å². The normalized spacial score (nSPS) is 20.8. The molecule has 0 spiro atoms. The van der Waals surface area contributed by atoms with Crippen LogP contribution in [-0.2, 0) is 0 Å². The van der Waals surface area contributed by atoms with Gasteiger partial charge in [0.15, 0.2) is 5.82 Å². The second-order valence-corrected chi connectivity index (χ2v) is 6.66. The summed E-state index contributed by atoms with van der Waals surface area (Å²) in [5, 5.41) is 18.8. The van der Waals surface area contributed by atoms with Crippen molar-refractivity contribution in [1.29, 1.82) is 0 Å². The van der Waals surface area contributed by atoms with Crippen molar-refractivity contribution in [1.82, 2.24) is 30.1 Å². The summed E-state index contributed by atoms with van der Waals surface area (Å²) in [6, 6.07) is 4.52. The van der Waals surface area contributed by atoms with Crippen LogP contribution in [0.2, 0.25) is 0 Å². The van der Waals surface area contributed by atoms with Crippen molar-refractivity contribution >= 4 is 17.3 Å². The summed E-state index contributed by atoms with van der Waals surface area (Å²) in [5.41, 5.74) is 9.97. The predicted molar refractivity (Wildman–Crippen MR) is 91.9 cm³/mol. The maximum absolute atomic E-state index is 5.88. The molecule has 124 valence electrons. The summed E-state index contributed by atoms with van der Waals surface area (Å²) in [6.45, 7) is 1.95. The van der Waals surface area contributed by atoms with Crippen LogP contribution in [-0.4, -0.2) is 43.9 Å². The zero-order valence-electron chi connectivity index (χ0n) is 13.3. The van der Waals surface area contributed by atoms with Crippen molar-refractivity contribution < 1.29 is 0 Å². The molecular weight excluding hydrogens is 304 g/mol.